The van der Waals surface area contributed by atoms with Gasteiger partial charge in [-0.25, -0.2) is 0 Å². The second kappa shape index (κ2) is 10.4. The van der Waals surface area contributed by atoms with Crippen LogP contribution in [0.3, 0.4) is 0 Å². The number of benzene rings is 2. The monoisotopic (exact) mass is 386 g/mol. The quantitative estimate of drug-likeness (QED) is 0.556. The van der Waals surface area contributed by atoms with Crippen molar-refractivity contribution < 1.29 is 14.3 Å². The van der Waals surface area contributed by atoms with E-state index in [2.05, 4.69) is 24.7 Å². The second-order valence-electron chi connectivity index (χ2n) is 6.06. The summed E-state index contributed by atoms with van der Waals surface area (Å²) >= 11 is 5.81. The summed E-state index contributed by atoms with van der Waals surface area (Å²) in [4.78, 5) is 23.7. The second-order valence-corrected chi connectivity index (χ2v) is 6.49. The van der Waals surface area contributed by atoms with Crippen LogP contribution >= 0.6 is 11.6 Å². The molecule has 6 heteroatoms. The topological polar surface area (TPSA) is 67.4 Å². The molecule has 0 heterocycles. The maximum Gasteiger partial charge on any atom is 0.276 e. The van der Waals surface area contributed by atoms with Crippen molar-refractivity contribution in [2.45, 2.75) is 26.2 Å². The van der Waals surface area contributed by atoms with Gasteiger partial charge < -0.3 is 4.74 Å². The summed E-state index contributed by atoms with van der Waals surface area (Å²) in [5, 5.41) is 0.624. The number of carbonyl (C=O) groups is 2. The van der Waals surface area contributed by atoms with Crippen LogP contribution in [0.15, 0.2) is 54.6 Å². The van der Waals surface area contributed by atoms with E-state index in [9.17, 15) is 9.59 Å². The molecule has 1 unspecified atom stereocenters. The van der Waals surface area contributed by atoms with Crippen LogP contribution in [0.1, 0.15) is 37.3 Å². The summed E-state index contributed by atoms with van der Waals surface area (Å²) in [5.41, 5.74) is 6.53. The minimum Gasteiger partial charge on any atom is -0.483 e. The third-order valence-corrected chi connectivity index (χ3v) is 4.30. The van der Waals surface area contributed by atoms with E-state index < -0.39 is 11.8 Å². The van der Waals surface area contributed by atoms with Gasteiger partial charge in [-0.1, -0.05) is 55.8 Å². The van der Waals surface area contributed by atoms with Crippen molar-refractivity contribution in [2.24, 2.45) is 0 Å². The van der Waals surface area contributed by atoms with Crippen molar-refractivity contribution in [3.63, 3.8) is 0 Å². The molecule has 2 aromatic rings. The Morgan fingerprint density at radius 3 is 2.52 bits per heavy atom. The van der Waals surface area contributed by atoms with Crippen molar-refractivity contribution in [1.82, 2.24) is 10.9 Å². The van der Waals surface area contributed by atoms with E-state index in [1.165, 1.54) is 6.08 Å². The first kappa shape index (κ1) is 20.5. The van der Waals surface area contributed by atoms with E-state index >= 15 is 0 Å². The lowest BCUT2D eigenvalue weighted by atomic mass is 9.98. The summed E-state index contributed by atoms with van der Waals surface area (Å²) in [6.45, 7) is 4.02. The lowest BCUT2D eigenvalue weighted by Crippen LogP contribution is -2.43. The number of amides is 2. The average molecular weight is 387 g/mol. The highest BCUT2D eigenvalue weighted by Gasteiger charge is 2.11. The van der Waals surface area contributed by atoms with Gasteiger partial charge in [-0.15, -0.1) is 0 Å². The Morgan fingerprint density at radius 1 is 1.11 bits per heavy atom. The summed E-state index contributed by atoms with van der Waals surface area (Å²) < 4.78 is 5.60. The number of halogens is 1. The van der Waals surface area contributed by atoms with Gasteiger partial charge in [0.25, 0.3) is 11.8 Å². The Hall–Kier alpha value is -2.79. The van der Waals surface area contributed by atoms with Gasteiger partial charge in [-0.2, -0.15) is 0 Å². The van der Waals surface area contributed by atoms with Crippen molar-refractivity contribution in [3.05, 3.63) is 70.8 Å². The Labute approximate surface area is 164 Å². The normalized spacial score (nSPS) is 11.8. The van der Waals surface area contributed by atoms with E-state index in [-0.39, 0.29) is 6.61 Å². The molecule has 0 bridgehead atoms. The number of hydrazine groups is 1. The lowest BCUT2D eigenvalue weighted by Gasteiger charge is -2.15. The van der Waals surface area contributed by atoms with E-state index in [4.69, 9.17) is 16.3 Å². The smallest absolute Gasteiger partial charge is 0.276 e. The molecule has 2 N–H and O–H groups in total. The van der Waals surface area contributed by atoms with Crippen molar-refractivity contribution in [3.8, 4) is 5.75 Å². The van der Waals surface area contributed by atoms with Crippen LogP contribution in [0, 0.1) is 0 Å². The van der Waals surface area contributed by atoms with Gasteiger partial charge in [-0.05, 0) is 47.7 Å². The molecule has 0 aromatic heterocycles. The number of ether oxygens (including phenoxy) is 1. The van der Waals surface area contributed by atoms with Gasteiger partial charge in [0.2, 0.25) is 0 Å². The Morgan fingerprint density at radius 2 is 1.81 bits per heavy atom. The standard InChI is InChI=1S/C21H23ClN2O3/c1-3-15(2)18-6-4-5-7-19(18)27-14-21(26)24-23-20(25)13-10-16-8-11-17(22)12-9-16/h4-13,15H,3,14H2,1-2H3,(H,23,25)(H,24,26)/b13-10+. The molecular formula is C21H23ClN2O3. The lowest BCUT2D eigenvalue weighted by molar-refractivity contribution is -0.128. The Balaban J connectivity index is 1.79. The van der Waals surface area contributed by atoms with E-state index in [1.807, 2.05) is 24.3 Å². The molecule has 2 aromatic carbocycles. The van der Waals surface area contributed by atoms with Crippen LogP contribution in [0.5, 0.6) is 5.75 Å². The summed E-state index contributed by atoms with van der Waals surface area (Å²) in [7, 11) is 0. The number of hydrogen-bond donors (Lipinski definition) is 2. The van der Waals surface area contributed by atoms with Crippen LogP contribution in [0.2, 0.25) is 5.02 Å². The van der Waals surface area contributed by atoms with Crippen LogP contribution < -0.4 is 15.6 Å². The summed E-state index contributed by atoms with van der Waals surface area (Å²) in [6, 6.07) is 14.7. The molecule has 1 atom stereocenters. The highest BCUT2D eigenvalue weighted by Crippen LogP contribution is 2.28. The van der Waals surface area contributed by atoms with Gasteiger partial charge in [0.05, 0.1) is 0 Å². The molecule has 0 aliphatic rings. The Kier molecular flexibility index (Phi) is 7.89. The number of carbonyl (C=O) groups excluding carboxylic acids is 2. The fourth-order valence-corrected chi connectivity index (χ4v) is 2.46. The minimum atomic E-state index is -0.446. The fraction of sp³-hybridized carbons (Fsp3) is 0.238. The van der Waals surface area contributed by atoms with Gasteiger partial charge in [0.1, 0.15) is 5.75 Å². The predicted octanol–water partition coefficient (Wildman–Crippen LogP) is 4.09. The molecule has 5 nitrogen and oxygen atoms in total. The van der Waals surface area contributed by atoms with Gasteiger partial charge in [0, 0.05) is 11.1 Å². The summed E-state index contributed by atoms with van der Waals surface area (Å²) in [6.07, 6.45) is 3.92. The van der Waals surface area contributed by atoms with Crippen LogP contribution in [-0.4, -0.2) is 18.4 Å². The average Bonchev–Trinajstić information content (AvgIpc) is 2.69. The predicted molar refractivity (Wildman–Crippen MR) is 107 cm³/mol. The van der Waals surface area contributed by atoms with Crippen LogP contribution in [-0.2, 0) is 9.59 Å². The van der Waals surface area contributed by atoms with Gasteiger partial charge in [-0.3, -0.25) is 20.4 Å². The fourth-order valence-electron chi connectivity index (χ4n) is 2.34. The van der Waals surface area contributed by atoms with E-state index in [0.29, 0.717) is 16.7 Å². The van der Waals surface area contributed by atoms with Gasteiger partial charge >= 0.3 is 0 Å². The molecule has 0 saturated heterocycles. The molecule has 2 amide bonds. The maximum absolute atomic E-state index is 11.9. The van der Waals surface area contributed by atoms with E-state index in [0.717, 1.165) is 17.5 Å². The molecule has 0 spiro atoms. The first-order valence-corrected chi connectivity index (χ1v) is 9.11. The third kappa shape index (κ3) is 6.79. The first-order chi connectivity index (χ1) is 13.0. The zero-order valence-electron chi connectivity index (χ0n) is 15.4. The minimum absolute atomic E-state index is 0.186. The zero-order valence-corrected chi connectivity index (χ0v) is 16.1. The SMILES string of the molecule is CCC(C)c1ccccc1OCC(=O)NNC(=O)/C=C/c1ccc(Cl)cc1. The number of nitrogens with one attached hydrogen (secondary N) is 2. The maximum atomic E-state index is 11.9. The molecule has 0 fully saturated rings. The molecule has 142 valence electrons. The molecule has 0 aliphatic heterocycles. The number of hydrogen-bond acceptors (Lipinski definition) is 3. The zero-order chi connectivity index (χ0) is 19.6. The highest BCUT2D eigenvalue weighted by atomic mass is 35.5. The van der Waals surface area contributed by atoms with Gasteiger partial charge in [0.15, 0.2) is 6.61 Å². The van der Waals surface area contributed by atoms with E-state index in [1.54, 1.807) is 30.3 Å². The van der Waals surface area contributed by atoms with Crippen molar-refractivity contribution >= 4 is 29.5 Å². The molecular weight excluding hydrogens is 364 g/mol. The number of para-hydroxylation sites is 1. The molecule has 0 radical (unpaired) electrons. The van der Waals surface area contributed by atoms with Crippen molar-refractivity contribution in [1.29, 1.82) is 0 Å². The third-order valence-electron chi connectivity index (χ3n) is 4.04. The van der Waals surface area contributed by atoms with Crippen LogP contribution in [0.25, 0.3) is 6.08 Å². The Bertz CT molecular complexity index is 803. The largest absolute Gasteiger partial charge is 0.483 e. The summed E-state index contributed by atoms with van der Waals surface area (Å²) in [5.74, 6) is 0.124. The molecule has 0 aliphatic carbocycles. The highest BCUT2D eigenvalue weighted by molar-refractivity contribution is 6.30. The molecule has 0 saturated carbocycles. The van der Waals surface area contributed by atoms with Crippen LogP contribution in [0.4, 0.5) is 0 Å². The molecule has 2 rings (SSSR count). The molecule has 27 heavy (non-hydrogen) atoms. The number of rotatable bonds is 7. The first-order valence-electron chi connectivity index (χ1n) is 8.73. The van der Waals surface area contributed by atoms with Crippen molar-refractivity contribution in [2.75, 3.05) is 6.61 Å².